The number of carbonyl (C=O) groups is 3. The average molecular weight is 397 g/mol. The third-order valence-electron chi connectivity index (χ3n) is 3.48. The number of nitrogens with one attached hydrogen (secondary N) is 1. The van der Waals surface area contributed by atoms with E-state index in [1.54, 1.807) is 34.6 Å². The van der Waals surface area contributed by atoms with E-state index < -0.39 is 46.9 Å². The van der Waals surface area contributed by atoms with Crippen molar-refractivity contribution in [2.24, 2.45) is 5.92 Å². The number of alkyl carbamates (subject to hydrolysis) is 1. The molecule has 156 valence electrons. The van der Waals surface area contributed by atoms with Gasteiger partial charge < -0.3 is 30.3 Å². The van der Waals surface area contributed by atoms with Crippen LogP contribution < -0.4 is 10.5 Å². The van der Waals surface area contributed by atoms with Crippen LogP contribution in [-0.2, 0) is 19.1 Å². The third kappa shape index (κ3) is 6.71. The number of benzene rings is 1. The normalized spacial score (nSPS) is 13.4. The van der Waals surface area contributed by atoms with Gasteiger partial charge in [0, 0.05) is 5.56 Å². The zero-order valence-corrected chi connectivity index (χ0v) is 16.3. The Morgan fingerprint density at radius 1 is 1.18 bits per heavy atom. The lowest BCUT2D eigenvalue weighted by Gasteiger charge is -2.29. The number of carboxylic acids is 1. The number of aliphatic carboxylic acids is 1. The molecule has 1 rings (SSSR count). The van der Waals surface area contributed by atoms with Crippen molar-refractivity contribution in [3.05, 3.63) is 35.0 Å². The van der Waals surface area contributed by atoms with Gasteiger partial charge >= 0.3 is 18.0 Å². The van der Waals surface area contributed by atoms with Gasteiger partial charge in [0.2, 0.25) is 6.10 Å². The van der Waals surface area contributed by atoms with Crippen molar-refractivity contribution in [1.29, 1.82) is 0 Å². The molecule has 0 heterocycles. The highest BCUT2D eigenvalue weighted by Crippen LogP contribution is 2.30. The number of esters is 1. The molecule has 0 spiro atoms. The van der Waals surface area contributed by atoms with E-state index in [0.717, 1.165) is 0 Å². The first-order valence-electron chi connectivity index (χ1n) is 8.51. The van der Waals surface area contributed by atoms with Crippen LogP contribution in [0, 0.1) is 11.1 Å². The monoisotopic (exact) mass is 397 g/mol. The second-order valence-electron chi connectivity index (χ2n) is 7.35. The maximum Gasteiger partial charge on any atom is 0.409 e. The largest absolute Gasteiger partial charge is 0.733 e. The van der Waals surface area contributed by atoms with Crippen molar-refractivity contribution in [2.45, 2.75) is 52.4 Å². The number of hydrogen-bond donors (Lipinski definition) is 3. The first-order chi connectivity index (χ1) is 12.8. The fourth-order valence-electron chi connectivity index (χ4n) is 2.26. The Hall–Kier alpha value is -2.85. The van der Waals surface area contributed by atoms with Gasteiger partial charge in [0.05, 0.1) is 5.69 Å². The van der Waals surface area contributed by atoms with Crippen molar-refractivity contribution in [2.75, 3.05) is 5.23 Å². The summed E-state index contributed by atoms with van der Waals surface area (Å²) >= 11 is 0. The second kappa shape index (κ2) is 9.38. The molecule has 0 saturated carbocycles. The summed E-state index contributed by atoms with van der Waals surface area (Å²) in [6, 6.07) is 4.17. The third-order valence-corrected chi connectivity index (χ3v) is 3.48. The molecule has 0 bridgehead atoms. The maximum atomic E-state index is 12.6. The molecule has 1 unspecified atom stereocenters. The molecule has 28 heavy (non-hydrogen) atoms. The predicted molar refractivity (Wildman–Crippen MR) is 98.5 cm³/mol. The summed E-state index contributed by atoms with van der Waals surface area (Å²) in [4.78, 5) is 36.1. The zero-order chi connectivity index (χ0) is 21.6. The molecule has 1 aromatic rings. The van der Waals surface area contributed by atoms with Gasteiger partial charge in [-0.15, -0.1) is 0 Å². The minimum absolute atomic E-state index is 0.124. The van der Waals surface area contributed by atoms with E-state index in [1.165, 1.54) is 24.3 Å². The molecule has 1 aromatic carbocycles. The molecule has 10 nitrogen and oxygen atoms in total. The zero-order valence-electron chi connectivity index (χ0n) is 16.3. The standard InChI is InChI=1S/C18H25N2O8/c1-10(2)13(15(21)22)19-17(24)27-14(16(23)28-18(3,4)5)11-8-6-7-9-12(11)20(25)26/h6-10,13-14,25H,1-5H3,(H,19,24)(H,21,22)/q-1/t13-,14?/m0/s1. The summed E-state index contributed by atoms with van der Waals surface area (Å²) in [6.45, 7) is 7.96. The highest BCUT2D eigenvalue weighted by molar-refractivity contribution is 5.84. The molecule has 0 radical (unpaired) electrons. The van der Waals surface area contributed by atoms with Gasteiger partial charge in [-0.1, -0.05) is 32.0 Å². The Balaban J connectivity index is 3.21. The summed E-state index contributed by atoms with van der Waals surface area (Å²) < 4.78 is 10.3. The van der Waals surface area contributed by atoms with Crippen LogP contribution in [0.4, 0.5) is 10.5 Å². The lowest BCUT2D eigenvalue weighted by Crippen LogP contribution is -2.45. The predicted octanol–water partition coefficient (Wildman–Crippen LogP) is 2.60. The Kier molecular flexibility index (Phi) is 7.77. The van der Waals surface area contributed by atoms with Gasteiger partial charge in [0.1, 0.15) is 11.6 Å². The van der Waals surface area contributed by atoms with Crippen LogP contribution in [-0.4, -0.2) is 40.0 Å². The van der Waals surface area contributed by atoms with Gasteiger partial charge in [-0.25, -0.2) is 14.4 Å². The van der Waals surface area contributed by atoms with Crippen molar-refractivity contribution >= 4 is 23.7 Å². The molecule has 0 aromatic heterocycles. The number of nitrogens with zero attached hydrogens (tertiary/aromatic N) is 1. The smallest absolute Gasteiger partial charge is 0.409 e. The van der Waals surface area contributed by atoms with Crippen molar-refractivity contribution in [1.82, 2.24) is 5.32 Å². The minimum Gasteiger partial charge on any atom is -0.733 e. The molecule has 0 saturated heterocycles. The number of rotatable bonds is 7. The first kappa shape index (κ1) is 23.2. The van der Waals surface area contributed by atoms with E-state index in [-0.39, 0.29) is 11.3 Å². The lowest BCUT2D eigenvalue weighted by atomic mass is 10.1. The summed E-state index contributed by atoms with van der Waals surface area (Å²) in [6.07, 6.45) is -2.90. The molecule has 10 heteroatoms. The highest BCUT2D eigenvalue weighted by atomic mass is 16.8. The topological polar surface area (TPSA) is 148 Å². The van der Waals surface area contributed by atoms with Gasteiger partial charge in [-0.2, -0.15) is 0 Å². The molecular weight excluding hydrogens is 372 g/mol. The number of carbonyl (C=O) groups excluding carboxylic acids is 2. The van der Waals surface area contributed by atoms with Crippen LogP contribution in [0.25, 0.3) is 0 Å². The Labute approximate surface area is 162 Å². The number of amides is 1. The highest BCUT2D eigenvalue weighted by Gasteiger charge is 2.33. The van der Waals surface area contributed by atoms with Crippen LogP contribution in [0.15, 0.2) is 24.3 Å². The van der Waals surface area contributed by atoms with Crippen LogP contribution in [0.3, 0.4) is 0 Å². The van der Waals surface area contributed by atoms with E-state index in [2.05, 4.69) is 5.32 Å². The van der Waals surface area contributed by atoms with Gasteiger partial charge in [0.25, 0.3) is 0 Å². The Bertz CT molecular complexity index is 712. The molecule has 0 fully saturated rings. The molecular formula is C18H25N2O8-. The van der Waals surface area contributed by atoms with Gasteiger partial charge in [0.15, 0.2) is 0 Å². The Morgan fingerprint density at radius 2 is 1.75 bits per heavy atom. The number of hydrogen-bond acceptors (Lipinski definition) is 8. The van der Waals surface area contributed by atoms with Crippen LogP contribution in [0.5, 0.6) is 0 Å². The van der Waals surface area contributed by atoms with Crippen LogP contribution in [0.1, 0.15) is 46.3 Å². The number of para-hydroxylation sites is 1. The first-order valence-corrected chi connectivity index (χ1v) is 8.51. The van der Waals surface area contributed by atoms with Crippen molar-refractivity contribution < 1.29 is 34.2 Å². The van der Waals surface area contributed by atoms with Gasteiger partial charge in [-0.3, -0.25) is 5.21 Å². The molecule has 0 aliphatic heterocycles. The SMILES string of the molecule is CC(C)[C@H](NC(=O)OC(C(=O)OC(C)(C)C)c1ccccc1N([O-])O)C(=O)O. The number of anilines is 1. The molecule has 1 amide bonds. The fourth-order valence-corrected chi connectivity index (χ4v) is 2.26. The fraction of sp³-hybridized carbons (Fsp3) is 0.500. The van der Waals surface area contributed by atoms with E-state index in [9.17, 15) is 29.9 Å². The van der Waals surface area contributed by atoms with Crippen molar-refractivity contribution in [3.63, 3.8) is 0 Å². The van der Waals surface area contributed by atoms with E-state index in [4.69, 9.17) is 9.47 Å². The summed E-state index contributed by atoms with van der Waals surface area (Å²) in [7, 11) is 0. The summed E-state index contributed by atoms with van der Waals surface area (Å²) in [5.41, 5.74) is -1.38. The molecule has 0 aliphatic rings. The molecule has 0 aliphatic carbocycles. The minimum atomic E-state index is -1.71. The maximum absolute atomic E-state index is 12.6. The van der Waals surface area contributed by atoms with Crippen LogP contribution in [0.2, 0.25) is 0 Å². The van der Waals surface area contributed by atoms with E-state index in [1.807, 2.05) is 0 Å². The van der Waals surface area contributed by atoms with Gasteiger partial charge in [-0.05, 0) is 32.8 Å². The van der Waals surface area contributed by atoms with Crippen molar-refractivity contribution in [3.8, 4) is 0 Å². The number of ether oxygens (including phenoxy) is 2. The summed E-state index contributed by atoms with van der Waals surface area (Å²) in [5.74, 6) is -2.72. The lowest BCUT2D eigenvalue weighted by molar-refractivity contribution is -0.165. The summed E-state index contributed by atoms with van der Waals surface area (Å²) in [5, 5.41) is 31.6. The second-order valence-corrected chi connectivity index (χ2v) is 7.35. The molecule has 3 N–H and O–H groups in total. The quantitative estimate of drug-likeness (QED) is 0.466. The van der Waals surface area contributed by atoms with E-state index >= 15 is 0 Å². The van der Waals surface area contributed by atoms with Crippen LogP contribution >= 0.6 is 0 Å². The number of carboxylic acid groups (broad SMARTS) is 1. The van der Waals surface area contributed by atoms with E-state index in [0.29, 0.717) is 0 Å². The molecule has 2 atom stereocenters. The average Bonchev–Trinajstić information content (AvgIpc) is 2.55. The Morgan fingerprint density at radius 3 is 2.21 bits per heavy atom.